The number of rotatable bonds is 4. The molecule has 0 fully saturated rings. The lowest BCUT2D eigenvalue weighted by Gasteiger charge is -2.26. The first-order valence-electron chi connectivity index (χ1n) is 6.72. The monoisotopic (exact) mass is 331 g/mol. The van der Waals surface area contributed by atoms with Crippen molar-refractivity contribution in [2.75, 3.05) is 13.2 Å². The Labute approximate surface area is 133 Å². The fraction of sp³-hybridized carbons (Fsp3) is 0.143. The summed E-state index contributed by atoms with van der Waals surface area (Å²) in [5.74, 6) is -1.58. The van der Waals surface area contributed by atoms with E-state index in [1.807, 2.05) is 0 Å². The third-order valence-electron chi connectivity index (χ3n) is 3.71. The van der Waals surface area contributed by atoms with E-state index in [0.29, 0.717) is 4.90 Å². The number of hydrogen-bond donors (Lipinski definition) is 1. The molecule has 10 nitrogen and oxygen atoms in total. The van der Waals surface area contributed by atoms with Crippen LogP contribution in [0.2, 0.25) is 0 Å². The fourth-order valence-electron chi connectivity index (χ4n) is 2.72. The number of benzene rings is 2. The largest absolute Gasteiger partial charge is 0.395 e. The highest BCUT2D eigenvalue weighted by atomic mass is 16.6. The number of nitro benzene ring substituents is 2. The first-order chi connectivity index (χ1) is 11.3. The van der Waals surface area contributed by atoms with Gasteiger partial charge in [-0.1, -0.05) is 0 Å². The van der Waals surface area contributed by atoms with Crippen LogP contribution in [0, 0.1) is 20.2 Å². The average Bonchev–Trinajstić information content (AvgIpc) is 2.55. The van der Waals surface area contributed by atoms with Gasteiger partial charge in [-0.3, -0.25) is 34.7 Å². The molecule has 0 saturated carbocycles. The van der Waals surface area contributed by atoms with E-state index in [4.69, 9.17) is 5.11 Å². The van der Waals surface area contributed by atoms with Crippen LogP contribution < -0.4 is 0 Å². The highest BCUT2D eigenvalue weighted by Gasteiger charge is 2.35. The zero-order chi connectivity index (χ0) is 17.6. The van der Waals surface area contributed by atoms with Gasteiger partial charge >= 0.3 is 0 Å². The van der Waals surface area contributed by atoms with Crippen LogP contribution in [-0.4, -0.2) is 44.8 Å². The molecule has 1 heterocycles. The fourth-order valence-corrected chi connectivity index (χ4v) is 2.72. The van der Waals surface area contributed by atoms with Crippen LogP contribution in [0.15, 0.2) is 24.3 Å². The summed E-state index contributed by atoms with van der Waals surface area (Å²) in [5, 5.41) is 31.3. The summed E-state index contributed by atoms with van der Waals surface area (Å²) < 4.78 is 0. The standard InChI is InChI=1S/C14H9N3O7/c18-2-1-15-13(19)10-5-8(16(21)22)3-7-4-9(17(23)24)6-11(12(7)10)14(15)20/h3-6,18H,1-2H2. The summed E-state index contributed by atoms with van der Waals surface area (Å²) in [7, 11) is 0. The zero-order valence-corrected chi connectivity index (χ0v) is 12.0. The van der Waals surface area contributed by atoms with Gasteiger partial charge in [0.1, 0.15) is 0 Å². The van der Waals surface area contributed by atoms with Gasteiger partial charge in [0.05, 0.1) is 34.1 Å². The molecule has 122 valence electrons. The highest BCUT2D eigenvalue weighted by Crippen LogP contribution is 2.36. The van der Waals surface area contributed by atoms with Gasteiger partial charge in [-0.2, -0.15) is 0 Å². The number of nitro groups is 2. The molecule has 1 aliphatic rings. The Kier molecular flexibility index (Phi) is 3.45. The number of aliphatic hydroxyl groups excluding tert-OH is 1. The Morgan fingerprint density at radius 3 is 1.75 bits per heavy atom. The van der Waals surface area contributed by atoms with Crippen molar-refractivity contribution in [3.63, 3.8) is 0 Å². The van der Waals surface area contributed by atoms with Gasteiger partial charge in [-0.25, -0.2) is 0 Å². The Balaban J connectivity index is 2.41. The van der Waals surface area contributed by atoms with E-state index < -0.39 is 39.6 Å². The van der Waals surface area contributed by atoms with Gasteiger partial charge in [0.15, 0.2) is 0 Å². The Morgan fingerprint density at radius 1 is 0.917 bits per heavy atom. The zero-order valence-electron chi connectivity index (χ0n) is 12.0. The summed E-state index contributed by atoms with van der Waals surface area (Å²) in [6, 6.07) is 4.21. The van der Waals surface area contributed by atoms with Crippen molar-refractivity contribution in [1.82, 2.24) is 4.90 Å². The van der Waals surface area contributed by atoms with Crippen molar-refractivity contribution in [2.24, 2.45) is 0 Å². The predicted molar refractivity (Wildman–Crippen MR) is 79.7 cm³/mol. The molecule has 0 aliphatic carbocycles. The van der Waals surface area contributed by atoms with Crippen molar-refractivity contribution < 1.29 is 24.5 Å². The minimum absolute atomic E-state index is 0.0637. The number of amides is 2. The number of non-ortho nitro benzene ring substituents is 2. The molecule has 0 aromatic heterocycles. The molecule has 0 radical (unpaired) electrons. The minimum Gasteiger partial charge on any atom is -0.395 e. The molecule has 2 aromatic carbocycles. The van der Waals surface area contributed by atoms with Gasteiger partial charge in [0.2, 0.25) is 0 Å². The van der Waals surface area contributed by atoms with Gasteiger partial charge < -0.3 is 5.11 Å². The van der Waals surface area contributed by atoms with Crippen molar-refractivity contribution in [1.29, 1.82) is 0 Å². The average molecular weight is 331 g/mol. The lowest BCUT2D eigenvalue weighted by Crippen LogP contribution is -2.42. The third-order valence-corrected chi connectivity index (χ3v) is 3.71. The Morgan fingerprint density at radius 2 is 1.38 bits per heavy atom. The topological polar surface area (TPSA) is 144 Å². The SMILES string of the molecule is O=C1c2cc([N+](=O)[O-])cc3cc([N+](=O)[O-])cc(c23)C(=O)N1CCO. The van der Waals surface area contributed by atoms with E-state index in [1.165, 1.54) is 0 Å². The number of β-amino-alcohol motifs (C(OH)–C–C–N with tert-alkyl or cyclic N) is 1. The number of aliphatic hydroxyl groups is 1. The Hall–Kier alpha value is -3.40. The van der Waals surface area contributed by atoms with E-state index in [2.05, 4.69) is 0 Å². The molecule has 3 rings (SSSR count). The minimum atomic E-state index is -0.788. The summed E-state index contributed by atoms with van der Waals surface area (Å²) in [6.45, 7) is -0.816. The summed E-state index contributed by atoms with van der Waals surface area (Å²) >= 11 is 0. The molecular formula is C14H9N3O7. The van der Waals surface area contributed by atoms with Crippen LogP contribution in [0.25, 0.3) is 10.8 Å². The molecule has 0 saturated heterocycles. The molecule has 24 heavy (non-hydrogen) atoms. The van der Waals surface area contributed by atoms with Crippen molar-refractivity contribution in [3.05, 3.63) is 55.6 Å². The normalized spacial score (nSPS) is 13.5. The third kappa shape index (κ3) is 2.16. The van der Waals surface area contributed by atoms with Crippen molar-refractivity contribution in [2.45, 2.75) is 0 Å². The number of hydrogen-bond acceptors (Lipinski definition) is 7. The molecule has 0 spiro atoms. The van der Waals surface area contributed by atoms with Crippen LogP contribution in [0.3, 0.4) is 0 Å². The van der Waals surface area contributed by atoms with E-state index in [1.54, 1.807) is 0 Å². The molecule has 1 N–H and O–H groups in total. The van der Waals surface area contributed by atoms with Crippen LogP contribution >= 0.6 is 0 Å². The molecule has 2 amide bonds. The molecule has 0 bridgehead atoms. The van der Waals surface area contributed by atoms with Gasteiger partial charge in [0.25, 0.3) is 23.2 Å². The lowest BCUT2D eigenvalue weighted by molar-refractivity contribution is -0.385. The van der Waals surface area contributed by atoms with Crippen molar-refractivity contribution >= 4 is 34.0 Å². The maximum absolute atomic E-state index is 12.4. The first kappa shape index (κ1) is 15.5. The molecule has 1 aliphatic heterocycles. The van der Waals surface area contributed by atoms with Crippen LogP contribution in [0.5, 0.6) is 0 Å². The summed E-state index contributed by atoms with van der Waals surface area (Å²) in [5.41, 5.74) is -1.04. The molecule has 0 unspecified atom stereocenters. The van der Waals surface area contributed by atoms with Gasteiger partial charge in [0, 0.05) is 29.7 Å². The quantitative estimate of drug-likeness (QED) is 0.504. The van der Waals surface area contributed by atoms with Gasteiger partial charge in [-0.15, -0.1) is 0 Å². The van der Waals surface area contributed by atoms with Crippen LogP contribution in [0.4, 0.5) is 11.4 Å². The second kappa shape index (κ2) is 5.35. The summed E-state index contributed by atoms with van der Waals surface area (Å²) in [6.07, 6.45) is 0. The number of carbonyl (C=O) groups excluding carboxylic acids is 2. The smallest absolute Gasteiger partial charge is 0.270 e. The van der Waals surface area contributed by atoms with Crippen LogP contribution in [-0.2, 0) is 0 Å². The maximum atomic E-state index is 12.4. The van der Waals surface area contributed by atoms with E-state index in [-0.39, 0.29) is 28.4 Å². The lowest BCUT2D eigenvalue weighted by atomic mass is 9.92. The molecule has 0 atom stereocenters. The first-order valence-corrected chi connectivity index (χ1v) is 6.72. The molecule has 10 heteroatoms. The number of imide groups is 1. The second-order valence-electron chi connectivity index (χ2n) is 5.08. The maximum Gasteiger partial charge on any atom is 0.270 e. The number of carbonyl (C=O) groups is 2. The van der Waals surface area contributed by atoms with Crippen LogP contribution in [0.1, 0.15) is 20.7 Å². The molecule has 2 aromatic rings. The molecular weight excluding hydrogens is 322 g/mol. The summed E-state index contributed by atoms with van der Waals surface area (Å²) in [4.78, 5) is 46.2. The highest BCUT2D eigenvalue weighted by molar-refractivity contribution is 6.26. The van der Waals surface area contributed by atoms with Gasteiger partial charge in [-0.05, 0) is 5.39 Å². The van der Waals surface area contributed by atoms with E-state index in [0.717, 1.165) is 24.3 Å². The second-order valence-corrected chi connectivity index (χ2v) is 5.08. The van der Waals surface area contributed by atoms with E-state index in [9.17, 15) is 29.8 Å². The number of nitrogens with zero attached hydrogens (tertiary/aromatic N) is 3. The predicted octanol–water partition coefficient (Wildman–Crippen LogP) is 1.24. The van der Waals surface area contributed by atoms with E-state index >= 15 is 0 Å². The van der Waals surface area contributed by atoms with Crippen molar-refractivity contribution in [3.8, 4) is 0 Å². The Bertz CT molecular complexity index is 869.